The summed E-state index contributed by atoms with van der Waals surface area (Å²) < 4.78 is 26.1. The highest BCUT2D eigenvalue weighted by Gasteiger charge is 2.25. The molecule has 0 bridgehead atoms. The molecule has 1 fully saturated rings. The van der Waals surface area contributed by atoms with E-state index in [1.165, 1.54) is 0 Å². The molecule has 3 rings (SSSR count). The van der Waals surface area contributed by atoms with Crippen LogP contribution in [0.2, 0.25) is 0 Å². The molecule has 1 amide bonds. The Bertz CT molecular complexity index is 1050. The van der Waals surface area contributed by atoms with E-state index in [1.54, 1.807) is 29.2 Å². The highest BCUT2D eigenvalue weighted by Crippen LogP contribution is 2.11. The molecule has 1 aromatic carbocycles. The number of carbonyl (C=O) groups is 1. The van der Waals surface area contributed by atoms with E-state index in [2.05, 4.69) is 9.82 Å². The quantitative estimate of drug-likeness (QED) is 0.721. The van der Waals surface area contributed by atoms with Gasteiger partial charge in [0.25, 0.3) is 11.1 Å². The number of H-pyrrole nitrogens is 1. The topological polar surface area (TPSA) is 121 Å². The van der Waals surface area contributed by atoms with Gasteiger partial charge in [-0.3, -0.25) is 19.5 Å². The third-order valence-electron chi connectivity index (χ3n) is 4.41. The summed E-state index contributed by atoms with van der Waals surface area (Å²) in [7, 11) is -3.28. The minimum Gasteiger partial charge on any atom is -0.341 e. The zero-order chi connectivity index (χ0) is 18.9. The van der Waals surface area contributed by atoms with E-state index < -0.39 is 21.1 Å². The fourth-order valence-electron chi connectivity index (χ4n) is 3.14. The van der Waals surface area contributed by atoms with Gasteiger partial charge in [-0.05, 0) is 25.0 Å². The molecule has 26 heavy (non-hydrogen) atoms. The normalized spacial score (nSPS) is 16.1. The largest absolute Gasteiger partial charge is 0.341 e. The van der Waals surface area contributed by atoms with Crippen LogP contribution in [0.25, 0.3) is 10.8 Å². The Kier molecular flexibility index (Phi) is 4.97. The lowest BCUT2D eigenvalue weighted by molar-refractivity contribution is -0.133. The molecule has 0 aliphatic carbocycles. The fraction of sp³-hybridized carbons (Fsp3) is 0.438. The number of carbonyl (C=O) groups excluding carboxylic acids is 1. The van der Waals surface area contributed by atoms with E-state index in [-0.39, 0.29) is 29.3 Å². The van der Waals surface area contributed by atoms with Crippen LogP contribution in [0.3, 0.4) is 0 Å². The van der Waals surface area contributed by atoms with Gasteiger partial charge >= 0.3 is 0 Å². The molecule has 0 unspecified atom stereocenters. The second kappa shape index (κ2) is 7.04. The van der Waals surface area contributed by atoms with Crippen LogP contribution in [0.5, 0.6) is 0 Å². The van der Waals surface area contributed by atoms with E-state index in [0.717, 1.165) is 10.9 Å². The first-order valence-corrected chi connectivity index (χ1v) is 10.1. The molecular weight excluding hydrogens is 360 g/mol. The van der Waals surface area contributed by atoms with Crippen molar-refractivity contribution in [3.63, 3.8) is 0 Å². The Morgan fingerprint density at radius 2 is 1.81 bits per heavy atom. The zero-order valence-corrected chi connectivity index (χ0v) is 15.1. The van der Waals surface area contributed by atoms with Gasteiger partial charge in [0, 0.05) is 19.1 Å². The molecule has 2 N–H and O–H groups in total. The van der Waals surface area contributed by atoms with Crippen molar-refractivity contribution in [1.82, 2.24) is 19.4 Å². The van der Waals surface area contributed by atoms with E-state index in [4.69, 9.17) is 0 Å². The van der Waals surface area contributed by atoms with Crippen LogP contribution in [0.1, 0.15) is 12.8 Å². The summed E-state index contributed by atoms with van der Waals surface area (Å²) in [4.78, 5) is 38.6. The number of benzene rings is 1. The van der Waals surface area contributed by atoms with Gasteiger partial charge in [0.15, 0.2) is 0 Å². The van der Waals surface area contributed by atoms with Gasteiger partial charge in [-0.15, -0.1) is 0 Å². The van der Waals surface area contributed by atoms with Crippen molar-refractivity contribution in [2.45, 2.75) is 25.4 Å². The first kappa shape index (κ1) is 18.3. The van der Waals surface area contributed by atoms with Crippen molar-refractivity contribution in [2.75, 3.05) is 19.3 Å². The molecule has 1 aliphatic heterocycles. The minimum atomic E-state index is -3.28. The number of hydrogen-bond donors (Lipinski definition) is 2. The number of sulfonamides is 1. The monoisotopic (exact) mass is 380 g/mol. The third kappa shape index (κ3) is 4.02. The van der Waals surface area contributed by atoms with Crippen molar-refractivity contribution in [2.24, 2.45) is 0 Å². The zero-order valence-electron chi connectivity index (χ0n) is 14.3. The first-order valence-electron chi connectivity index (χ1n) is 8.21. The van der Waals surface area contributed by atoms with E-state index in [1.807, 2.05) is 0 Å². The molecule has 9 nitrogen and oxygen atoms in total. The standard InChI is InChI=1S/C16H20N4O5S/c1-26(24,25)18-11-6-8-19(9-7-11)14(21)10-20-16(23)13-5-3-2-4-12(13)15(22)17-20/h2-5,11,18H,6-10H2,1H3,(H,17,22). The Balaban J connectivity index is 1.72. The van der Waals surface area contributed by atoms with E-state index in [0.29, 0.717) is 25.9 Å². The number of amides is 1. The van der Waals surface area contributed by atoms with E-state index in [9.17, 15) is 22.8 Å². The lowest BCUT2D eigenvalue weighted by atomic mass is 10.1. The van der Waals surface area contributed by atoms with Gasteiger partial charge in [0.2, 0.25) is 15.9 Å². The van der Waals surface area contributed by atoms with Crippen LogP contribution in [0.4, 0.5) is 0 Å². The predicted molar refractivity (Wildman–Crippen MR) is 96.4 cm³/mol. The summed E-state index contributed by atoms with van der Waals surface area (Å²) in [5.74, 6) is -0.296. The molecule has 0 spiro atoms. The van der Waals surface area contributed by atoms with Crippen LogP contribution in [0.15, 0.2) is 33.9 Å². The van der Waals surface area contributed by atoms with Crippen molar-refractivity contribution in [3.05, 3.63) is 45.0 Å². The summed E-state index contributed by atoms with van der Waals surface area (Å²) in [5.41, 5.74) is -0.855. The van der Waals surface area contributed by atoms with Crippen molar-refractivity contribution >= 4 is 26.7 Å². The Hall–Kier alpha value is -2.46. The van der Waals surface area contributed by atoms with Crippen LogP contribution < -0.4 is 15.8 Å². The number of rotatable bonds is 4. The van der Waals surface area contributed by atoms with Gasteiger partial charge in [-0.25, -0.2) is 17.8 Å². The van der Waals surface area contributed by atoms with Gasteiger partial charge in [-0.2, -0.15) is 0 Å². The lowest BCUT2D eigenvalue weighted by Gasteiger charge is -2.32. The van der Waals surface area contributed by atoms with Gasteiger partial charge in [0.05, 0.1) is 17.0 Å². The molecule has 1 aliphatic rings. The molecule has 2 heterocycles. The Morgan fingerprint density at radius 1 is 1.19 bits per heavy atom. The van der Waals surface area contributed by atoms with Gasteiger partial charge < -0.3 is 4.90 Å². The molecular formula is C16H20N4O5S. The van der Waals surface area contributed by atoms with Crippen LogP contribution >= 0.6 is 0 Å². The first-order chi connectivity index (χ1) is 12.2. The number of aromatic nitrogens is 2. The number of fused-ring (bicyclic) bond motifs is 1. The number of hydrogen-bond acceptors (Lipinski definition) is 5. The summed E-state index contributed by atoms with van der Waals surface area (Å²) in [6.07, 6.45) is 2.11. The highest BCUT2D eigenvalue weighted by atomic mass is 32.2. The van der Waals surface area contributed by atoms with E-state index >= 15 is 0 Å². The average molecular weight is 380 g/mol. The molecule has 0 saturated carbocycles. The summed E-state index contributed by atoms with van der Waals surface area (Å²) in [5, 5.41) is 2.99. The number of piperidine rings is 1. The summed E-state index contributed by atoms with van der Waals surface area (Å²) in [6, 6.07) is 6.24. The molecule has 1 aromatic heterocycles. The van der Waals surface area contributed by atoms with Crippen molar-refractivity contribution in [1.29, 1.82) is 0 Å². The SMILES string of the molecule is CS(=O)(=O)NC1CCN(C(=O)Cn2[nH]c(=O)c3ccccc3c2=O)CC1. The second-order valence-electron chi connectivity index (χ2n) is 6.42. The van der Waals surface area contributed by atoms with Crippen molar-refractivity contribution in [3.8, 4) is 0 Å². The minimum absolute atomic E-state index is 0.197. The number of aromatic amines is 1. The fourth-order valence-corrected chi connectivity index (χ4v) is 3.98. The maximum Gasteiger partial charge on any atom is 0.273 e. The smallest absolute Gasteiger partial charge is 0.273 e. The molecule has 0 atom stereocenters. The third-order valence-corrected chi connectivity index (χ3v) is 5.17. The van der Waals surface area contributed by atoms with Gasteiger partial charge in [-0.1, -0.05) is 12.1 Å². The molecule has 10 heteroatoms. The number of nitrogens with zero attached hydrogens (tertiary/aromatic N) is 2. The summed E-state index contributed by atoms with van der Waals surface area (Å²) in [6.45, 7) is 0.514. The number of likely N-dealkylation sites (tertiary alicyclic amines) is 1. The highest BCUT2D eigenvalue weighted by molar-refractivity contribution is 7.88. The van der Waals surface area contributed by atoms with Crippen LogP contribution in [-0.2, 0) is 21.4 Å². The Labute approximate surface area is 149 Å². The Morgan fingerprint density at radius 3 is 2.42 bits per heavy atom. The van der Waals surface area contributed by atoms with Crippen molar-refractivity contribution < 1.29 is 13.2 Å². The average Bonchev–Trinajstić information content (AvgIpc) is 2.58. The van der Waals surface area contributed by atoms with Crippen LogP contribution in [0, 0.1) is 0 Å². The van der Waals surface area contributed by atoms with Crippen LogP contribution in [-0.4, -0.2) is 54.4 Å². The molecule has 140 valence electrons. The molecule has 1 saturated heterocycles. The predicted octanol–water partition coefficient (Wildman–Crippen LogP) is -0.770. The maximum atomic E-state index is 12.5. The molecule has 2 aromatic rings. The van der Waals surface area contributed by atoms with Gasteiger partial charge in [0.1, 0.15) is 6.54 Å². The lowest BCUT2D eigenvalue weighted by Crippen LogP contribution is -2.48. The second-order valence-corrected chi connectivity index (χ2v) is 8.20. The number of nitrogens with one attached hydrogen (secondary N) is 2. The molecule has 0 radical (unpaired) electrons. The summed E-state index contributed by atoms with van der Waals surface area (Å²) >= 11 is 0. The maximum absolute atomic E-state index is 12.5.